The van der Waals surface area contributed by atoms with Crippen LogP contribution in [0.25, 0.3) is 0 Å². The van der Waals surface area contributed by atoms with E-state index in [1.807, 2.05) is 24.3 Å². The number of Topliss-reactive ketones (excluding diaryl/α,β-unsaturated/α-hetero) is 1. The zero-order valence-corrected chi connectivity index (χ0v) is 10.3. The lowest BCUT2D eigenvalue weighted by molar-refractivity contribution is 0.101. The summed E-state index contributed by atoms with van der Waals surface area (Å²) < 4.78 is 5.68. The van der Waals surface area contributed by atoms with Gasteiger partial charge in [-0.15, -0.1) is 0 Å². The van der Waals surface area contributed by atoms with Crippen molar-refractivity contribution in [2.24, 2.45) is 23.7 Å². The SMILES string of the molecule is CC(=O)c1ccc(OCCC2C3C(C)C23)cc1. The summed E-state index contributed by atoms with van der Waals surface area (Å²) in [7, 11) is 0. The number of carbonyl (C=O) groups excluding carboxylic acids is 1. The summed E-state index contributed by atoms with van der Waals surface area (Å²) in [4.78, 5) is 11.1. The Morgan fingerprint density at radius 1 is 1.24 bits per heavy atom. The van der Waals surface area contributed by atoms with E-state index in [0.717, 1.165) is 41.6 Å². The Labute approximate surface area is 102 Å². The molecule has 0 saturated heterocycles. The zero-order valence-electron chi connectivity index (χ0n) is 10.3. The normalized spacial score (nSPS) is 32.8. The highest BCUT2D eigenvalue weighted by Gasteiger charge is 2.69. The standard InChI is InChI=1S/C15H18O2/c1-9-14-13(15(9)14)7-8-17-12-5-3-11(4-6-12)10(2)16/h3-6,9,13-15H,7-8H2,1-2H3. The number of fused-ring (bicyclic) bond motifs is 1. The lowest BCUT2D eigenvalue weighted by Crippen LogP contribution is -2.04. The first-order valence-corrected chi connectivity index (χ1v) is 6.42. The van der Waals surface area contributed by atoms with Crippen LogP contribution in [-0.4, -0.2) is 12.4 Å². The molecule has 1 aromatic rings. The fourth-order valence-corrected chi connectivity index (χ4v) is 3.07. The van der Waals surface area contributed by atoms with Crippen LogP contribution in [0.2, 0.25) is 0 Å². The molecule has 17 heavy (non-hydrogen) atoms. The first-order chi connectivity index (χ1) is 8.18. The second kappa shape index (κ2) is 3.86. The molecule has 2 nitrogen and oxygen atoms in total. The molecule has 3 rings (SSSR count). The summed E-state index contributed by atoms with van der Waals surface area (Å²) in [6, 6.07) is 7.42. The van der Waals surface area contributed by atoms with Gasteiger partial charge >= 0.3 is 0 Å². The highest BCUT2D eigenvalue weighted by atomic mass is 16.5. The summed E-state index contributed by atoms with van der Waals surface area (Å²) in [6.07, 6.45) is 1.19. The van der Waals surface area contributed by atoms with Gasteiger partial charge < -0.3 is 4.74 Å². The summed E-state index contributed by atoms with van der Waals surface area (Å²) in [6.45, 7) is 4.73. The molecule has 0 N–H and O–H groups in total. The fraction of sp³-hybridized carbons (Fsp3) is 0.533. The molecule has 0 aromatic heterocycles. The molecule has 0 amide bonds. The Balaban J connectivity index is 1.44. The Morgan fingerprint density at radius 2 is 1.88 bits per heavy atom. The minimum Gasteiger partial charge on any atom is -0.494 e. The van der Waals surface area contributed by atoms with E-state index in [1.54, 1.807) is 6.92 Å². The van der Waals surface area contributed by atoms with E-state index in [4.69, 9.17) is 4.74 Å². The van der Waals surface area contributed by atoms with Crippen LogP contribution in [0, 0.1) is 23.7 Å². The molecule has 90 valence electrons. The van der Waals surface area contributed by atoms with Crippen molar-refractivity contribution in [3.8, 4) is 5.75 Å². The minimum absolute atomic E-state index is 0.101. The molecule has 2 saturated carbocycles. The molecule has 2 unspecified atom stereocenters. The molecule has 0 bridgehead atoms. The topological polar surface area (TPSA) is 26.3 Å². The van der Waals surface area contributed by atoms with Crippen molar-refractivity contribution in [3.05, 3.63) is 29.8 Å². The van der Waals surface area contributed by atoms with Crippen molar-refractivity contribution in [1.82, 2.24) is 0 Å². The predicted octanol–water partition coefficient (Wildman–Crippen LogP) is 3.17. The number of hydrogen-bond donors (Lipinski definition) is 0. The second-order valence-corrected chi connectivity index (χ2v) is 5.40. The predicted molar refractivity (Wildman–Crippen MR) is 66.2 cm³/mol. The molecule has 0 heterocycles. The van der Waals surface area contributed by atoms with Gasteiger partial charge in [0.2, 0.25) is 0 Å². The third-order valence-corrected chi connectivity index (χ3v) is 4.35. The van der Waals surface area contributed by atoms with Gasteiger partial charge in [-0.05, 0) is 61.3 Å². The van der Waals surface area contributed by atoms with Crippen molar-refractivity contribution in [3.63, 3.8) is 0 Å². The molecule has 0 spiro atoms. The number of hydrogen-bond acceptors (Lipinski definition) is 2. The van der Waals surface area contributed by atoms with Gasteiger partial charge in [-0.1, -0.05) is 6.92 Å². The third kappa shape index (κ3) is 1.97. The van der Waals surface area contributed by atoms with Crippen molar-refractivity contribution < 1.29 is 9.53 Å². The van der Waals surface area contributed by atoms with Crippen LogP contribution >= 0.6 is 0 Å². The van der Waals surface area contributed by atoms with E-state index >= 15 is 0 Å². The van der Waals surface area contributed by atoms with Crippen LogP contribution in [0.1, 0.15) is 30.6 Å². The van der Waals surface area contributed by atoms with E-state index in [-0.39, 0.29) is 5.78 Å². The fourth-order valence-electron chi connectivity index (χ4n) is 3.07. The van der Waals surface area contributed by atoms with Crippen molar-refractivity contribution in [2.45, 2.75) is 20.3 Å². The molecule has 2 aliphatic rings. The van der Waals surface area contributed by atoms with E-state index in [9.17, 15) is 4.79 Å². The molecular formula is C15H18O2. The number of rotatable bonds is 5. The van der Waals surface area contributed by atoms with Crippen LogP contribution in [0.3, 0.4) is 0 Å². The smallest absolute Gasteiger partial charge is 0.159 e. The average molecular weight is 230 g/mol. The monoisotopic (exact) mass is 230 g/mol. The summed E-state index contributed by atoms with van der Waals surface area (Å²) in [5, 5.41) is 0. The number of carbonyl (C=O) groups is 1. The maximum absolute atomic E-state index is 11.1. The maximum Gasteiger partial charge on any atom is 0.159 e. The van der Waals surface area contributed by atoms with E-state index in [2.05, 4.69) is 6.92 Å². The second-order valence-electron chi connectivity index (χ2n) is 5.40. The Morgan fingerprint density at radius 3 is 2.41 bits per heavy atom. The highest BCUT2D eigenvalue weighted by Crippen LogP contribution is 2.73. The minimum atomic E-state index is 0.101. The van der Waals surface area contributed by atoms with Gasteiger partial charge in [0.15, 0.2) is 5.78 Å². The lowest BCUT2D eigenvalue weighted by atomic mass is 10.0. The molecule has 0 radical (unpaired) electrons. The van der Waals surface area contributed by atoms with Gasteiger partial charge in [0, 0.05) is 5.56 Å². The number of benzene rings is 1. The molecular weight excluding hydrogens is 212 g/mol. The zero-order chi connectivity index (χ0) is 12.0. The van der Waals surface area contributed by atoms with Gasteiger partial charge in [-0.25, -0.2) is 0 Å². The van der Waals surface area contributed by atoms with Crippen LogP contribution in [0.5, 0.6) is 5.75 Å². The molecule has 2 atom stereocenters. The number of ether oxygens (including phenoxy) is 1. The highest BCUT2D eigenvalue weighted by molar-refractivity contribution is 5.94. The van der Waals surface area contributed by atoms with Gasteiger partial charge in [-0.2, -0.15) is 0 Å². The van der Waals surface area contributed by atoms with Gasteiger partial charge in [0.25, 0.3) is 0 Å². The van der Waals surface area contributed by atoms with Crippen LogP contribution in [0.4, 0.5) is 0 Å². The quantitative estimate of drug-likeness (QED) is 0.726. The van der Waals surface area contributed by atoms with Crippen molar-refractivity contribution in [2.75, 3.05) is 6.61 Å². The van der Waals surface area contributed by atoms with Gasteiger partial charge in [0.05, 0.1) is 6.61 Å². The Bertz CT molecular complexity index is 425. The first-order valence-electron chi connectivity index (χ1n) is 6.42. The van der Waals surface area contributed by atoms with Crippen LogP contribution in [-0.2, 0) is 0 Å². The van der Waals surface area contributed by atoms with Gasteiger partial charge in [-0.3, -0.25) is 4.79 Å². The number of ketones is 1. The van der Waals surface area contributed by atoms with Crippen LogP contribution < -0.4 is 4.74 Å². The van der Waals surface area contributed by atoms with Crippen molar-refractivity contribution in [1.29, 1.82) is 0 Å². The summed E-state index contributed by atoms with van der Waals surface area (Å²) in [5.74, 6) is 4.97. The first kappa shape index (κ1) is 10.8. The summed E-state index contributed by atoms with van der Waals surface area (Å²) in [5.41, 5.74) is 0.745. The molecule has 1 aromatic carbocycles. The summed E-state index contributed by atoms with van der Waals surface area (Å²) >= 11 is 0. The van der Waals surface area contributed by atoms with E-state index in [1.165, 1.54) is 6.42 Å². The van der Waals surface area contributed by atoms with Gasteiger partial charge in [0.1, 0.15) is 5.75 Å². The third-order valence-electron chi connectivity index (χ3n) is 4.35. The van der Waals surface area contributed by atoms with Crippen molar-refractivity contribution >= 4 is 5.78 Å². The van der Waals surface area contributed by atoms with Crippen LogP contribution in [0.15, 0.2) is 24.3 Å². The molecule has 2 fully saturated rings. The Hall–Kier alpha value is -1.31. The van der Waals surface area contributed by atoms with E-state index < -0.39 is 0 Å². The molecule has 0 aliphatic heterocycles. The maximum atomic E-state index is 11.1. The van der Waals surface area contributed by atoms with E-state index in [0.29, 0.717) is 0 Å². The Kier molecular flexibility index (Phi) is 2.46. The lowest BCUT2D eigenvalue weighted by Gasteiger charge is -2.09. The largest absolute Gasteiger partial charge is 0.494 e. The average Bonchev–Trinajstić information content (AvgIpc) is 3.20. The molecule has 2 aliphatic carbocycles. The molecule has 2 heteroatoms.